The molecule has 256 valence electrons. The van der Waals surface area contributed by atoms with Gasteiger partial charge in [0, 0.05) is 75.3 Å². The number of nitrogens with zero attached hydrogens (tertiary/aromatic N) is 5. The number of hydrogen-bond acceptors (Lipinski definition) is 8. The number of urea groups is 1. The van der Waals surface area contributed by atoms with Gasteiger partial charge in [-0.1, -0.05) is 36.4 Å². The molecule has 0 unspecified atom stereocenters. The average molecular weight is 686 g/mol. The number of likely N-dealkylation sites (tertiary alicyclic amines) is 1. The van der Waals surface area contributed by atoms with E-state index in [1.807, 2.05) is 54.6 Å². The number of carbonyl (C=O) groups is 4. The first-order valence-corrected chi connectivity index (χ1v) is 16.3. The van der Waals surface area contributed by atoms with E-state index in [0.717, 1.165) is 48.8 Å². The Morgan fingerprint density at radius 2 is 1.67 bits per heavy atom. The van der Waals surface area contributed by atoms with E-state index in [9.17, 15) is 24.3 Å². The van der Waals surface area contributed by atoms with Crippen molar-refractivity contribution in [3.05, 3.63) is 89.5 Å². The predicted molar refractivity (Wildman–Crippen MR) is 191 cm³/mol. The van der Waals surface area contributed by atoms with E-state index in [1.165, 1.54) is 12.1 Å². The molecule has 13 heteroatoms. The second-order valence-corrected chi connectivity index (χ2v) is 12.9. The van der Waals surface area contributed by atoms with Crippen LogP contribution in [0.15, 0.2) is 72.8 Å². The molecule has 12 nitrogen and oxygen atoms in total. The van der Waals surface area contributed by atoms with E-state index in [-0.39, 0.29) is 47.2 Å². The zero-order valence-corrected chi connectivity index (χ0v) is 28.3. The van der Waals surface area contributed by atoms with Crippen LogP contribution in [0.1, 0.15) is 27.9 Å². The van der Waals surface area contributed by atoms with Crippen molar-refractivity contribution in [1.29, 1.82) is 0 Å². The SMILES string of the molecule is CN1CCN(CC(=O)N(C)c2ccc(N/C(=C3\C(=O)N(C(=O)N4C[C@@H]5C[C@H]4CN5)c4cc(C(=O)O)ccc43)c3ccccc3)cc2)CC1.Cl. The second kappa shape index (κ2) is 14.0. The van der Waals surface area contributed by atoms with Crippen molar-refractivity contribution in [3.8, 4) is 0 Å². The highest BCUT2D eigenvalue weighted by molar-refractivity contribution is 6.44. The van der Waals surface area contributed by atoms with Crippen LogP contribution in [0, 0.1) is 0 Å². The number of aromatic carboxylic acids is 1. The van der Waals surface area contributed by atoms with E-state index in [0.29, 0.717) is 36.6 Å². The molecule has 3 fully saturated rings. The van der Waals surface area contributed by atoms with Crippen molar-refractivity contribution in [2.45, 2.75) is 18.5 Å². The molecular formula is C36H40ClN7O5. The number of benzene rings is 3. The second-order valence-electron chi connectivity index (χ2n) is 12.9. The topological polar surface area (TPSA) is 129 Å². The van der Waals surface area contributed by atoms with Gasteiger partial charge in [0.1, 0.15) is 0 Å². The van der Waals surface area contributed by atoms with Crippen LogP contribution in [-0.2, 0) is 9.59 Å². The van der Waals surface area contributed by atoms with Gasteiger partial charge in [0.15, 0.2) is 0 Å². The normalized spacial score (nSPS) is 21.3. The number of imide groups is 1. The maximum Gasteiger partial charge on any atom is 0.335 e. The Morgan fingerprint density at radius 1 is 0.959 bits per heavy atom. The maximum absolute atomic E-state index is 14.4. The number of carboxylic acids is 1. The van der Waals surface area contributed by atoms with Crippen LogP contribution >= 0.6 is 12.4 Å². The molecule has 4 heterocycles. The predicted octanol–water partition coefficient (Wildman–Crippen LogP) is 3.51. The van der Waals surface area contributed by atoms with Crippen molar-refractivity contribution >= 4 is 64.6 Å². The molecule has 0 spiro atoms. The van der Waals surface area contributed by atoms with Gasteiger partial charge in [-0.3, -0.25) is 14.5 Å². The molecule has 7 rings (SSSR count). The van der Waals surface area contributed by atoms with Crippen LogP contribution < -0.4 is 20.4 Å². The van der Waals surface area contributed by atoms with Gasteiger partial charge in [-0.15, -0.1) is 12.4 Å². The van der Waals surface area contributed by atoms with Crippen LogP contribution in [0.2, 0.25) is 0 Å². The minimum Gasteiger partial charge on any atom is -0.478 e. The van der Waals surface area contributed by atoms with E-state index in [4.69, 9.17) is 0 Å². The van der Waals surface area contributed by atoms with E-state index >= 15 is 0 Å². The first-order chi connectivity index (χ1) is 23.2. The number of nitrogens with one attached hydrogen (secondary N) is 2. The monoisotopic (exact) mass is 685 g/mol. The Bertz CT molecular complexity index is 1790. The average Bonchev–Trinajstić information content (AvgIpc) is 3.81. The third-order valence-electron chi connectivity index (χ3n) is 9.83. The van der Waals surface area contributed by atoms with Crippen molar-refractivity contribution < 1.29 is 24.3 Å². The molecule has 0 radical (unpaired) electrons. The lowest BCUT2D eigenvalue weighted by Crippen LogP contribution is -2.52. The lowest BCUT2D eigenvalue weighted by Gasteiger charge is -2.32. The molecule has 0 aromatic heterocycles. The zero-order valence-electron chi connectivity index (χ0n) is 27.5. The Labute approximate surface area is 291 Å². The van der Waals surface area contributed by atoms with Gasteiger partial charge < -0.3 is 30.4 Å². The molecule has 2 bridgehead atoms. The van der Waals surface area contributed by atoms with Gasteiger partial charge in [-0.2, -0.15) is 0 Å². The summed E-state index contributed by atoms with van der Waals surface area (Å²) >= 11 is 0. The number of fused-ring (bicyclic) bond motifs is 3. The molecule has 4 amide bonds. The molecule has 0 aliphatic carbocycles. The Hall–Kier alpha value is -4.75. The number of likely N-dealkylation sites (N-methyl/N-ethyl adjacent to an activating group) is 2. The number of hydrogen-bond donors (Lipinski definition) is 3. The summed E-state index contributed by atoms with van der Waals surface area (Å²) in [6.07, 6.45) is 0.821. The molecule has 3 saturated heterocycles. The van der Waals surface area contributed by atoms with Crippen LogP contribution in [0.3, 0.4) is 0 Å². The van der Waals surface area contributed by atoms with Gasteiger partial charge in [-0.25, -0.2) is 14.5 Å². The summed E-state index contributed by atoms with van der Waals surface area (Å²) in [5.74, 6) is -1.66. The molecule has 3 aromatic carbocycles. The van der Waals surface area contributed by atoms with E-state index < -0.39 is 17.9 Å². The minimum atomic E-state index is -1.15. The summed E-state index contributed by atoms with van der Waals surface area (Å²) in [4.78, 5) is 62.4. The van der Waals surface area contributed by atoms with Gasteiger partial charge in [0.05, 0.1) is 29.1 Å². The minimum absolute atomic E-state index is 0. The molecule has 2 atom stereocenters. The van der Waals surface area contributed by atoms with Crippen LogP contribution in [-0.4, -0.2) is 116 Å². The number of piperazine rings is 2. The maximum atomic E-state index is 14.4. The fraction of sp³-hybridized carbons (Fsp3) is 0.333. The lowest BCUT2D eigenvalue weighted by molar-refractivity contribution is -0.119. The van der Waals surface area contributed by atoms with Crippen LogP contribution in [0.25, 0.3) is 11.3 Å². The Kier molecular flexibility index (Phi) is 9.75. The summed E-state index contributed by atoms with van der Waals surface area (Å²) in [6, 6.07) is 21.0. The Morgan fingerprint density at radius 3 is 2.31 bits per heavy atom. The third-order valence-corrected chi connectivity index (χ3v) is 9.83. The summed E-state index contributed by atoms with van der Waals surface area (Å²) in [5.41, 5.74) is 3.60. The number of rotatable bonds is 7. The van der Waals surface area contributed by atoms with Crippen LogP contribution in [0.4, 0.5) is 21.9 Å². The molecule has 0 saturated carbocycles. The first-order valence-electron chi connectivity index (χ1n) is 16.3. The molecular weight excluding hydrogens is 646 g/mol. The van der Waals surface area contributed by atoms with E-state index in [1.54, 1.807) is 22.9 Å². The first kappa shape index (κ1) is 34.1. The molecule has 4 aliphatic heterocycles. The van der Waals surface area contributed by atoms with Crippen molar-refractivity contribution in [2.75, 3.05) is 75.0 Å². The summed E-state index contributed by atoms with van der Waals surface area (Å²) < 4.78 is 0. The standard InChI is InChI=1S/C36H39N7O5.ClH/c1-39-14-16-41(17-15-39)22-31(44)40(2)27-11-9-25(10-12-27)38-33(23-6-4-3-5-7-23)32-29-13-8-24(35(46)47)18-30(29)43(34(32)45)36(48)42-21-26-19-28(42)20-37-26;/h3-13,18,26,28,37-38H,14-17,19-22H2,1-2H3,(H,46,47);1H/b33-32-;/t26-,28-;/m0./s1. The van der Waals surface area contributed by atoms with Crippen molar-refractivity contribution in [3.63, 3.8) is 0 Å². The number of amides is 4. The highest BCUT2D eigenvalue weighted by Crippen LogP contribution is 2.43. The van der Waals surface area contributed by atoms with E-state index in [2.05, 4.69) is 27.5 Å². The molecule has 4 aliphatic rings. The fourth-order valence-electron chi connectivity index (χ4n) is 7.00. The highest BCUT2D eigenvalue weighted by Gasteiger charge is 2.47. The highest BCUT2D eigenvalue weighted by atomic mass is 35.5. The number of halogens is 1. The van der Waals surface area contributed by atoms with Gasteiger partial charge >= 0.3 is 12.0 Å². The van der Waals surface area contributed by atoms with Crippen LogP contribution in [0.5, 0.6) is 0 Å². The van der Waals surface area contributed by atoms with Crippen molar-refractivity contribution in [1.82, 2.24) is 20.0 Å². The summed E-state index contributed by atoms with van der Waals surface area (Å²) in [6.45, 7) is 5.09. The largest absolute Gasteiger partial charge is 0.478 e. The van der Waals surface area contributed by atoms with Crippen molar-refractivity contribution in [2.24, 2.45) is 0 Å². The molecule has 3 N–H and O–H groups in total. The molecule has 3 aromatic rings. The quantitative estimate of drug-likeness (QED) is 0.320. The third kappa shape index (κ3) is 6.64. The summed E-state index contributed by atoms with van der Waals surface area (Å²) in [7, 11) is 3.85. The summed E-state index contributed by atoms with van der Waals surface area (Å²) in [5, 5.41) is 16.6. The van der Waals surface area contributed by atoms with Gasteiger partial charge in [0.2, 0.25) is 5.91 Å². The lowest BCUT2D eigenvalue weighted by atomic mass is 9.99. The van der Waals surface area contributed by atoms with Gasteiger partial charge in [-0.05, 0) is 55.4 Å². The number of anilines is 3. The smallest absolute Gasteiger partial charge is 0.335 e. The molecule has 49 heavy (non-hydrogen) atoms. The zero-order chi connectivity index (χ0) is 33.5. The Balaban J connectivity index is 0.00000417. The fourth-order valence-corrected chi connectivity index (χ4v) is 7.00. The van der Waals surface area contributed by atoms with Gasteiger partial charge in [0.25, 0.3) is 5.91 Å². The number of carboxylic acid groups (broad SMARTS) is 1. The number of carbonyl (C=O) groups excluding carboxylic acids is 3.